The summed E-state index contributed by atoms with van der Waals surface area (Å²) in [6.45, 7) is 1.28. The topological polar surface area (TPSA) is 90.7 Å². The highest BCUT2D eigenvalue weighted by molar-refractivity contribution is 7.15. The predicted octanol–water partition coefficient (Wildman–Crippen LogP) is 2.32. The molecule has 8 heteroatoms. The number of amides is 1. The van der Waals surface area contributed by atoms with Gasteiger partial charge in [0, 0.05) is 25.4 Å². The first-order valence-corrected chi connectivity index (χ1v) is 10.3. The molecular formula is C18H25N5O2S. The van der Waals surface area contributed by atoms with Crippen molar-refractivity contribution in [3.05, 3.63) is 17.2 Å². The second-order valence-corrected chi connectivity index (χ2v) is 8.35. The van der Waals surface area contributed by atoms with Crippen LogP contribution in [0, 0.1) is 0 Å². The Kier molecular flexibility index (Phi) is 5.31. The highest BCUT2D eigenvalue weighted by Gasteiger charge is 2.28. The summed E-state index contributed by atoms with van der Waals surface area (Å²) in [7, 11) is 0. The molecule has 2 N–H and O–H groups in total. The van der Waals surface area contributed by atoms with Gasteiger partial charge in [-0.3, -0.25) is 9.79 Å². The van der Waals surface area contributed by atoms with Gasteiger partial charge in [0.15, 0.2) is 0 Å². The fourth-order valence-electron chi connectivity index (χ4n) is 3.77. The monoisotopic (exact) mass is 375 g/mol. The lowest BCUT2D eigenvalue weighted by Crippen LogP contribution is -2.54. The number of nitrogens with one attached hydrogen (secondary N) is 1. The molecular weight excluding hydrogens is 350 g/mol. The third-order valence-corrected chi connectivity index (χ3v) is 6.24. The van der Waals surface area contributed by atoms with E-state index >= 15 is 0 Å². The molecule has 0 bridgehead atoms. The Balaban J connectivity index is 1.30. The lowest BCUT2D eigenvalue weighted by molar-refractivity contribution is -0.116. The molecule has 1 aliphatic carbocycles. The van der Waals surface area contributed by atoms with E-state index in [1.807, 2.05) is 6.08 Å². The van der Waals surface area contributed by atoms with Crippen molar-refractivity contribution in [3.8, 4) is 0 Å². The molecule has 1 atom stereocenters. The minimum atomic E-state index is -0.249. The molecule has 26 heavy (non-hydrogen) atoms. The van der Waals surface area contributed by atoms with Crippen LogP contribution in [0.25, 0.3) is 0 Å². The van der Waals surface area contributed by atoms with Crippen molar-refractivity contribution in [2.45, 2.75) is 63.0 Å². The summed E-state index contributed by atoms with van der Waals surface area (Å²) in [6.07, 6.45) is 11.0. The van der Waals surface area contributed by atoms with Crippen molar-refractivity contribution >= 4 is 28.2 Å². The van der Waals surface area contributed by atoms with Crippen LogP contribution in [0.1, 0.15) is 55.9 Å². The Hall–Kier alpha value is -1.80. The van der Waals surface area contributed by atoms with Gasteiger partial charge in [0.05, 0.1) is 18.6 Å². The molecule has 0 aromatic carbocycles. The maximum atomic E-state index is 12.3. The summed E-state index contributed by atoms with van der Waals surface area (Å²) < 4.78 is 0. The minimum absolute atomic E-state index is 0.0837. The quantitative estimate of drug-likeness (QED) is 0.788. The molecule has 2 fully saturated rings. The zero-order valence-corrected chi connectivity index (χ0v) is 15.6. The van der Waals surface area contributed by atoms with E-state index in [0.29, 0.717) is 30.6 Å². The molecule has 1 amide bonds. The van der Waals surface area contributed by atoms with E-state index in [1.165, 1.54) is 43.4 Å². The number of amidine groups is 1. The number of aliphatic hydroxyl groups is 1. The highest BCUT2D eigenvalue weighted by Crippen LogP contribution is 2.35. The molecule has 0 spiro atoms. The van der Waals surface area contributed by atoms with Crippen LogP contribution in [-0.4, -0.2) is 57.2 Å². The average Bonchev–Trinajstić information content (AvgIpc) is 3.08. The Morgan fingerprint density at radius 3 is 2.85 bits per heavy atom. The van der Waals surface area contributed by atoms with Gasteiger partial charge in [0.2, 0.25) is 11.0 Å². The van der Waals surface area contributed by atoms with Crippen molar-refractivity contribution in [2.24, 2.45) is 4.99 Å². The lowest BCUT2D eigenvalue weighted by atomic mass is 9.90. The SMILES string of the molecule is O=C(CC1C=CCC(N2CC(O)C2)=N1)Nc1nnc(C2CCCCC2)s1. The van der Waals surface area contributed by atoms with Crippen molar-refractivity contribution < 1.29 is 9.90 Å². The number of dihydropyridines is 1. The number of aliphatic hydroxyl groups excluding tert-OH is 1. The summed E-state index contributed by atoms with van der Waals surface area (Å²) in [5.74, 6) is 1.39. The standard InChI is InChI=1S/C18H25N5O2S/c24-14-10-23(11-14)15-8-4-7-13(19-15)9-16(25)20-18-22-21-17(26-18)12-5-2-1-3-6-12/h4,7,12-14,24H,1-3,5-6,8-11H2,(H,20,22,25). The maximum absolute atomic E-state index is 12.3. The predicted molar refractivity (Wildman–Crippen MR) is 102 cm³/mol. The average molecular weight is 375 g/mol. The van der Waals surface area contributed by atoms with Crippen LogP contribution in [0.4, 0.5) is 5.13 Å². The fraction of sp³-hybridized carbons (Fsp3) is 0.667. The number of carbonyl (C=O) groups excluding carboxylic acids is 1. The van der Waals surface area contributed by atoms with E-state index in [0.717, 1.165) is 17.3 Å². The number of aliphatic imine (C=N–C) groups is 1. The van der Waals surface area contributed by atoms with E-state index in [4.69, 9.17) is 0 Å². The first-order valence-electron chi connectivity index (χ1n) is 9.47. The highest BCUT2D eigenvalue weighted by atomic mass is 32.1. The number of hydrogen-bond donors (Lipinski definition) is 2. The summed E-state index contributed by atoms with van der Waals surface area (Å²) in [4.78, 5) is 19.1. The first kappa shape index (κ1) is 17.6. The van der Waals surface area contributed by atoms with E-state index in [9.17, 15) is 9.90 Å². The van der Waals surface area contributed by atoms with Crippen LogP contribution in [0.2, 0.25) is 0 Å². The van der Waals surface area contributed by atoms with Gasteiger partial charge in [0.25, 0.3) is 0 Å². The molecule has 140 valence electrons. The van der Waals surface area contributed by atoms with Crippen molar-refractivity contribution in [3.63, 3.8) is 0 Å². The molecule has 0 radical (unpaired) electrons. The molecule has 1 aromatic heterocycles. The second kappa shape index (κ2) is 7.84. The van der Waals surface area contributed by atoms with Gasteiger partial charge in [-0.15, -0.1) is 10.2 Å². The largest absolute Gasteiger partial charge is 0.389 e. The smallest absolute Gasteiger partial charge is 0.228 e. The van der Waals surface area contributed by atoms with E-state index in [-0.39, 0.29) is 18.1 Å². The van der Waals surface area contributed by atoms with Gasteiger partial charge < -0.3 is 15.3 Å². The molecule has 2 aliphatic heterocycles. The maximum Gasteiger partial charge on any atom is 0.228 e. The zero-order chi connectivity index (χ0) is 17.9. The Morgan fingerprint density at radius 2 is 2.08 bits per heavy atom. The molecule has 3 heterocycles. The first-order chi connectivity index (χ1) is 12.7. The van der Waals surface area contributed by atoms with Gasteiger partial charge in [-0.2, -0.15) is 0 Å². The number of aromatic nitrogens is 2. The van der Waals surface area contributed by atoms with Gasteiger partial charge in [-0.1, -0.05) is 42.8 Å². The van der Waals surface area contributed by atoms with Gasteiger partial charge >= 0.3 is 0 Å². The summed E-state index contributed by atoms with van der Waals surface area (Å²) in [5.41, 5.74) is 0. The minimum Gasteiger partial charge on any atom is -0.389 e. The number of likely N-dealkylation sites (tertiary alicyclic amines) is 1. The van der Waals surface area contributed by atoms with E-state index in [1.54, 1.807) is 0 Å². The van der Waals surface area contributed by atoms with Crippen LogP contribution in [-0.2, 0) is 4.79 Å². The molecule has 1 saturated heterocycles. The third kappa shape index (κ3) is 4.12. The van der Waals surface area contributed by atoms with Gasteiger partial charge in [-0.25, -0.2) is 0 Å². The molecule has 3 aliphatic rings. The normalized spacial score (nSPS) is 24.3. The molecule has 1 saturated carbocycles. The molecule has 1 aromatic rings. The Labute approximate surface area is 157 Å². The fourth-order valence-corrected chi connectivity index (χ4v) is 4.70. The summed E-state index contributed by atoms with van der Waals surface area (Å²) >= 11 is 1.50. The van der Waals surface area contributed by atoms with Gasteiger partial charge in [-0.05, 0) is 12.8 Å². The van der Waals surface area contributed by atoms with E-state index in [2.05, 4.69) is 31.5 Å². The summed E-state index contributed by atoms with van der Waals surface area (Å²) in [5, 5.41) is 22.4. The number of carbonyl (C=O) groups is 1. The van der Waals surface area contributed by atoms with Crippen LogP contribution < -0.4 is 5.32 Å². The number of hydrogen-bond acceptors (Lipinski definition) is 7. The third-order valence-electron chi connectivity index (χ3n) is 5.24. The molecule has 1 unspecified atom stereocenters. The van der Waals surface area contributed by atoms with Crippen LogP contribution in [0.5, 0.6) is 0 Å². The van der Waals surface area contributed by atoms with Crippen molar-refractivity contribution in [1.29, 1.82) is 0 Å². The Bertz CT molecular complexity index is 704. The number of nitrogens with zero attached hydrogens (tertiary/aromatic N) is 4. The molecule has 4 rings (SSSR count). The van der Waals surface area contributed by atoms with Crippen LogP contribution >= 0.6 is 11.3 Å². The second-order valence-electron chi connectivity index (χ2n) is 7.34. The summed E-state index contributed by atoms with van der Waals surface area (Å²) in [6, 6.07) is -0.151. The number of rotatable bonds is 4. The molecule has 7 nitrogen and oxygen atoms in total. The lowest BCUT2D eigenvalue weighted by Gasteiger charge is -2.39. The number of β-amino-alcohol motifs (C(OH)–C–C–N with tert-alkyl or cyclic N) is 1. The Morgan fingerprint density at radius 1 is 1.27 bits per heavy atom. The van der Waals surface area contributed by atoms with Crippen LogP contribution in [0.15, 0.2) is 17.1 Å². The van der Waals surface area contributed by atoms with Crippen molar-refractivity contribution in [1.82, 2.24) is 15.1 Å². The van der Waals surface area contributed by atoms with Crippen LogP contribution in [0.3, 0.4) is 0 Å². The van der Waals surface area contributed by atoms with E-state index < -0.39 is 0 Å². The van der Waals surface area contributed by atoms with Crippen molar-refractivity contribution in [2.75, 3.05) is 18.4 Å². The van der Waals surface area contributed by atoms with Gasteiger partial charge in [0.1, 0.15) is 10.8 Å². The number of anilines is 1. The zero-order valence-electron chi connectivity index (χ0n) is 14.8.